The number of rotatable bonds is 13. The van der Waals surface area contributed by atoms with E-state index < -0.39 is 28.5 Å². The van der Waals surface area contributed by atoms with Gasteiger partial charge in [-0.25, -0.2) is 8.42 Å². The van der Waals surface area contributed by atoms with Gasteiger partial charge in [0, 0.05) is 24.5 Å². The molecule has 5 rings (SSSR count). The van der Waals surface area contributed by atoms with Gasteiger partial charge in [0.1, 0.15) is 24.1 Å². The van der Waals surface area contributed by atoms with Crippen molar-refractivity contribution in [2.45, 2.75) is 30.8 Å². The molecule has 0 fully saturated rings. The first kappa shape index (κ1) is 34.4. The van der Waals surface area contributed by atoms with Crippen LogP contribution in [0.15, 0.2) is 143 Å². The summed E-state index contributed by atoms with van der Waals surface area (Å²) in [6, 6.07) is 38.2. The smallest absolute Gasteiger partial charge is 0.264 e. The summed E-state index contributed by atoms with van der Waals surface area (Å²) < 4.78 is 36.4. The topological polar surface area (TPSA) is 96.0 Å². The second kappa shape index (κ2) is 15.8. The third-order valence-electron chi connectivity index (χ3n) is 7.75. The van der Waals surface area contributed by atoms with Gasteiger partial charge in [-0.05, 0) is 78.7 Å². The minimum absolute atomic E-state index is 0.0381. The van der Waals surface area contributed by atoms with Crippen LogP contribution in [0.1, 0.15) is 16.7 Å². The van der Waals surface area contributed by atoms with E-state index >= 15 is 0 Å². The van der Waals surface area contributed by atoms with Crippen LogP contribution in [-0.4, -0.2) is 44.8 Å². The van der Waals surface area contributed by atoms with Crippen molar-refractivity contribution in [1.29, 1.82) is 0 Å². The maximum atomic E-state index is 14.5. The molecule has 0 heterocycles. The van der Waals surface area contributed by atoms with E-state index in [1.807, 2.05) is 91.9 Å². The number of para-hydroxylation sites is 1. The lowest BCUT2D eigenvalue weighted by molar-refractivity contribution is -0.139. The van der Waals surface area contributed by atoms with E-state index in [0.717, 1.165) is 25.5 Å². The average molecular weight is 727 g/mol. The molecule has 0 aliphatic carbocycles. The van der Waals surface area contributed by atoms with Crippen LogP contribution in [0, 0.1) is 6.92 Å². The SMILES string of the molecule is CNC(=O)[C@H](Cc1ccccc1)N(Cc1cccc(Br)c1)C(=O)CN(c1ccc(Oc2ccccc2)cc1)S(=O)(=O)c1ccc(C)cc1. The zero-order valence-electron chi connectivity index (χ0n) is 26.6. The standard InChI is InChI=1S/C38H36BrN3O5S/c1-28-16-22-35(23-17-28)48(45,46)42(32-18-20-34(21-19-32)47-33-14-7-4-8-15-33)27-37(43)41(26-30-12-9-13-31(39)24-30)36(38(44)40-2)25-29-10-5-3-6-11-29/h3-24,36H,25-27H2,1-2H3,(H,40,44)/t36-/m0/s1. The predicted molar refractivity (Wildman–Crippen MR) is 191 cm³/mol. The molecule has 0 spiro atoms. The quantitative estimate of drug-likeness (QED) is 0.139. The Morgan fingerprint density at radius 3 is 2.00 bits per heavy atom. The van der Waals surface area contributed by atoms with Crippen LogP contribution in [0.2, 0.25) is 0 Å². The third-order valence-corrected chi connectivity index (χ3v) is 10.0. The highest BCUT2D eigenvalue weighted by atomic mass is 79.9. The molecular weight excluding hydrogens is 690 g/mol. The van der Waals surface area contributed by atoms with Gasteiger partial charge in [0.05, 0.1) is 10.6 Å². The lowest BCUT2D eigenvalue weighted by Crippen LogP contribution is -2.53. The van der Waals surface area contributed by atoms with Gasteiger partial charge in [0.2, 0.25) is 11.8 Å². The monoisotopic (exact) mass is 725 g/mol. The molecule has 1 atom stereocenters. The van der Waals surface area contributed by atoms with E-state index in [1.54, 1.807) is 36.4 Å². The lowest BCUT2D eigenvalue weighted by Gasteiger charge is -2.33. The van der Waals surface area contributed by atoms with Gasteiger partial charge in [0.15, 0.2) is 0 Å². The van der Waals surface area contributed by atoms with Crippen LogP contribution in [0.5, 0.6) is 11.5 Å². The number of aryl methyl sites for hydroxylation is 1. The van der Waals surface area contributed by atoms with Crippen molar-refractivity contribution in [3.05, 3.63) is 155 Å². The summed E-state index contributed by atoms with van der Waals surface area (Å²) in [5.74, 6) is 0.228. The minimum atomic E-state index is -4.22. The van der Waals surface area contributed by atoms with E-state index in [4.69, 9.17) is 4.74 Å². The number of halogens is 1. The average Bonchev–Trinajstić information content (AvgIpc) is 3.10. The predicted octanol–water partition coefficient (Wildman–Crippen LogP) is 7.13. The molecule has 0 aromatic heterocycles. The van der Waals surface area contributed by atoms with Crippen molar-refractivity contribution in [2.24, 2.45) is 0 Å². The van der Waals surface area contributed by atoms with Gasteiger partial charge in [0.25, 0.3) is 10.0 Å². The van der Waals surface area contributed by atoms with E-state index in [2.05, 4.69) is 21.2 Å². The molecule has 0 saturated carbocycles. The number of benzene rings is 5. The first-order chi connectivity index (χ1) is 23.1. The van der Waals surface area contributed by atoms with Gasteiger partial charge in [-0.1, -0.05) is 94.3 Å². The largest absolute Gasteiger partial charge is 0.457 e. The molecule has 0 radical (unpaired) electrons. The van der Waals surface area contributed by atoms with Crippen molar-refractivity contribution in [1.82, 2.24) is 10.2 Å². The number of hydrogen-bond acceptors (Lipinski definition) is 5. The number of anilines is 1. The summed E-state index contributed by atoms with van der Waals surface area (Å²) in [4.78, 5) is 29.5. The zero-order chi connectivity index (χ0) is 34.1. The van der Waals surface area contributed by atoms with Crippen molar-refractivity contribution < 1.29 is 22.7 Å². The van der Waals surface area contributed by atoms with Gasteiger partial charge in [-0.2, -0.15) is 0 Å². The van der Waals surface area contributed by atoms with Crippen LogP contribution in [-0.2, 0) is 32.6 Å². The van der Waals surface area contributed by atoms with Gasteiger partial charge in [-0.3, -0.25) is 13.9 Å². The minimum Gasteiger partial charge on any atom is -0.457 e. The number of carbonyl (C=O) groups is 2. The van der Waals surface area contributed by atoms with E-state index in [1.165, 1.54) is 24.1 Å². The summed E-state index contributed by atoms with van der Waals surface area (Å²) in [6.07, 6.45) is 0.233. The molecule has 5 aromatic carbocycles. The second-order valence-electron chi connectivity index (χ2n) is 11.2. The summed E-state index contributed by atoms with van der Waals surface area (Å²) in [7, 11) is -2.70. The number of hydrogen-bond donors (Lipinski definition) is 1. The van der Waals surface area contributed by atoms with Crippen molar-refractivity contribution >= 4 is 43.5 Å². The highest BCUT2D eigenvalue weighted by Crippen LogP contribution is 2.29. The Hall–Kier alpha value is -4.93. The van der Waals surface area contributed by atoms with E-state index in [0.29, 0.717) is 11.5 Å². The number of sulfonamides is 1. The fourth-order valence-electron chi connectivity index (χ4n) is 5.22. The van der Waals surface area contributed by atoms with Crippen LogP contribution >= 0.6 is 15.9 Å². The Morgan fingerprint density at radius 2 is 1.38 bits per heavy atom. The number of amides is 2. The van der Waals surface area contributed by atoms with E-state index in [-0.39, 0.29) is 29.5 Å². The Labute approximate surface area is 290 Å². The van der Waals surface area contributed by atoms with Crippen molar-refractivity contribution in [3.63, 3.8) is 0 Å². The molecular formula is C38H36BrN3O5S. The summed E-state index contributed by atoms with van der Waals surface area (Å²) in [5, 5.41) is 2.70. The first-order valence-corrected chi connectivity index (χ1v) is 17.6. The molecule has 2 amide bonds. The number of carbonyl (C=O) groups excluding carboxylic acids is 2. The van der Waals surface area contributed by atoms with Crippen LogP contribution in [0.4, 0.5) is 5.69 Å². The molecule has 0 saturated heterocycles. The van der Waals surface area contributed by atoms with Crippen LogP contribution in [0.25, 0.3) is 0 Å². The summed E-state index contributed by atoms with van der Waals surface area (Å²) in [5.41, 5.74) is 2.80. The summed E-state index contributed by atoms with van der Waals surface area (Å²) >= 11 is 3.50. The van der Waals surface area contributed by atoms with Gasteiger partial charge in [-0.15, -0.1) is 0 Å². The maximum absolute atomic E-state index is 14.5. The third kappa shape index (κ3) is 8.70. The normalized spacial score (nSPS) is 11.7. The molecule has 0 bridgehead atoms. The highest BCUT2D eigenvalue weighted by Gasteiger charge is 2.34. The molecule has 5 aromatic rings. The fourth-order valence-corrected chi connectivity index (χ4v) is 7.08. The van der Waals surface area contributed by atoms with Crippen LogP contribution < -0.4 is 14.4 Å². The highest BCUT2D eigenvalue weighted by molar-refractivity contribution is 9.10. The Morgan fingerprint density at radius 1 is 0.771 bits per heavy atom. The molecule has 48 heavy (non-hydrogen) atoms. The van der Waals surface area contributed by atoms with Crippen molar-refractivity contribution in [2.75, 3.05) is 17.9 Å². The molecule has 10 heteroatoms. The molecule has 0 aliphatic rings. The molecule has 0 aliphatic heterocycles. The lowest BCUT2D eigenvalue weighted by atomic mass is 10.0. The Bertz CT molecular complexity index is 1940. The Balaban J connectivity index is 1.54. The number of nitrogens with zero attached hydrogens (tertiary/aromatic N) is 2. The zero-order valence-corrected chi connectivity index (χ0v) is 29.0. The Kier molecular flexibility index (Phi) is 11.3. The number of ether oxygens (including phenoxy) is 1. The van der Waals surface area contributed by atoms with E-state index in [9.17, 15) is 18.0 Å². The fraction of sp³-hybridized carbons (Fsp3) is 0.158. The first-order valence-electron chi connectivity index (χ1n) is 15.4. The molecule has 8 nitrogen and oxygen atoms in total. The molecule has 0 unspecified atom stereocenters. The van der Waals surface area contributed by atoms with Crippen LogP contribution in [0.3, 0.4) is 0 Å². The number of likely N-dealkylation sites (N-methyl/N-ethyl adjacent to an activating group) is 1. The summed E-state index contributed by atoms with van der Waals surface area (Å²) in [6.45, 7) is 1.39. The molecule has 246 valence electrons. The number of nitrogens with one attached hydrogen (secondary N) is 1. The second-order valence-corrected chi connectivity index (χ2v) is 14.0. The van der Waals surface area contributed by atoms with Gasteiger partial charge >= 0.3 is 0 Å². The van der Waals surface area contributed by atoms with Crippen molar-refractivity contribution in [3.8, 4) is 11.5 Å². The van der Waals surface area contributed by atoms with Gasteiger partial charge < -0.3 is 15.0 Å². The molecule has 1 N–H and O–H groups in total. The maximum Gasteiger partial charge on any atom is 0.264 e.